The lowest BCUT2D eigenvalue weighted by Crippen LogP contribution is -2.48. The van der Waals surface area contributed by atoms with Crippen molar-refractivity contribution < 1.29 is 23.5 Å². The number of halogens is 1. The molecule has 6 nitrogen and oxygen atoms in total. The third-order valence-electron chi connectivity index (χ3n) is 5.71. The number of likely N-dealkylation sites (tertiary alicyclic amines) is 1. The molecule has 2 atom stereocenters. The largest absolute Gasteiger partial charge is 0.450 e. The van der Waals surface area contributed by atoms with Crippen molar-refractivity contribution in [2.45, 2.75) is 57.2 Å². The SMILES string of the molecule is C[Si](C)(C)CCOC(=O)NC1CCN(C(=O)OCc2ccccc2)C(c2ccccc2F)C1. The van der Waals surface area contributed by atoms with Gasteiger partial charge in [0.25, 0.3) is 0 Å². The zero-order valence-corrected chi connectivity index (χ0v) is 20.6. The first kappa shape index (κ1) is 24.8. The Kier molecular flexibility index (Phi) is 8.49. The van der Waals surface area contributed by atoms with Crippen molar-refractivity contribution in [2.75, 3.05) is 13.2 Å². The van der Waals surface area contributed by atoms with E-state index >= 15 is 0 Å². The first-order chi connectivity index (χ1) is 15.7. The number of alkyl carbamates (subject to hydrolysis) is 1. The van der Waals surface area contributed by atoms with E-state index in [1.807, 2.05) is 30.3 Å². The second-order valence-electron chi connectivity index (χ2n) is 9.58. The molecule has 0 radical (unpaired) electrons. The highest BCUT2D eigenvalue weighted by atomic mass is 28.3. The van der Waals surface area contributed by atoms with E-state index in [1.54, 1.807) is 23.1 Å². The molecule has 2 unspecified atom stereocenters. The molecule has 1 saturated heterocycles. The number of carbonyl (C=O) groups is 2. The molecule has 8 heteroatoms. The molecule has 1 aliphatic rings. The van der Waals surface area contributed by atoms with Crippen LogP contribution in [0, 0.1) is 5.82 Å². The highest BCUT2D eigenvalue weighted by Crippen LogP contribution is 2.33. The zero-order valence-electron chi connectivity index (χ0n) is 19.6. The highest BCUT2D eigenvalue weighted by Gasteiger charge is 2.35. The number of ether oxygens (including phenoxy) is 2. The van der Waals surface area contributed by atoms with Gasteiger partial charge in [-0.05, 0) is 30.5 Å². The lowest BCUT2D eigenvalue weighted by atomic mass is 9.92. The predicted molar refractivity (Wildman–Crippen MR) is 128 cm³/mol. The van der Waals surface area contributed by atoms with E-state index in [1.165, 1.54) is 6.07 Å². The molecule has 0 spiro atoms. The first-order valence-electron chi connectivity index (χ1n) is 11.4. The van der Waals surface area contributed by atoms with Crippen molar-refractivity contribution in [1.82, 2.24) is 10.2 Å². The third kappa shape index (κ3) is 7.59. The Morgan fingerprint density at radius 1 is 1.06 bits per heavy atom. The average molecular weight is 473 g/mol. The number of benzene rings is 2. The van der Waals surface area contributed by atoms with Gasteiger partial charge in [-0.1, -0.05) is 68.2 Å². The van der Waals surface area contributed by atoms with E-state index in [-0.39, 0.29) is 18.5 Å². The Hall–Kier alpha value is -2.87. The van der Waals surface area contributed by atoms with Crippen molar-refractivity contribution in [3.63, 3.8) is 0 Å². The van der Waals surface area contributed by atoms with Crippen LogP contribution in [-0.2, 0) is 16.1 Å². The summed E-state index contributed by atoms with van der Waals surface area (Å²) in [6.45, 7) is 7.54. The van der Waals surface area contributed by atoms with E-state index in [0.717, 1.165) is 11.6 Å². The van der Waals surface area contributed by atoms with Crippen LogP contribution in [0.1, 0.15) is 30.0 Å². The van der Waals surface area contributed by atoms with Crippen molar-refractivity contribution in [2.24, 2.45) is 0 Å². The molecule has 1 heterocycles. The number of carbonyl (C=O) groups excluding carboxylic acids is 2. The Balaban J connectivity index is 1.65. The van der Waals surface area contributed by atoms with Gasteiger partial charge in [0.15, 0.2) is 0 Å². The third-order valence-corrected chi connectivity index (χ3v) is 7.42. The van der Waals surface area contributed by atoms with Gasteiger partial charge >= 0.3 is 12.2 Å². The Bertz CT molecular complexity index is 936. The molecule has 1 N–H and O–H groups in total. The molecule has 2 aromatic carbocycles. The normalized spacial score (nSPS) is 18.5. The maximum absolute atomic E-state index is 14.6. The van der Waals surface area contributed by atoms with Gasteiger partial charge in [0.1, 0.15) is 12.4 Å². The lowest BCUT2D eigenvalue weighted by molar-refractivity contribution is 0.0597. The average Bonchev–Trinajstić information content (AvgIpc) is 2.77. The molecule has 0 saturated carbocycles. The van der Waals surface area contributed by atoms with Gasteiger partial charge in [-0.25, -0.2) is 14.0 Å². The summed E-state index contributed by atoms with van der Waals surface area (Å²) >= 11 is 0. The smallest absolute Gasteiger partial charge is 0.410 e. The summed E-state index contributed by atoms with van der Waals surface area (Å²) in [5.74, 6) is -0.387. The van der Waals surface area contributed by atoms with Crippen LogP contribution in [0.5, 0.6) is 0 Å². The van der Waals surface area contributed by atoms with E-state index in [9.17, 15) is 14.0 Å². The molecule has 0 aliphatic carbocycles. The second-order valence-corrected chi connectivity index (χ2v) is 15.2. The van der Waals surface area contributed by atoms with Crippen LogP contribution in [0.4, 0.5) is 14.0 Å². The summed E-state index contributed by atoms with van der Waals surface area (Å²) < 4.78 is 25.5. The fourth-order valence-corrected chi connectivity index (χ4v) is 4.53. The molecule has 2 amide bonds. The van der Waals surface area contributed by atoms with Gasteiger partial charge in [-0.3, -0.25) is 0 Å². The number of hydrogen-bond donors (Lipinski definition) is 1. The molecular weight excluding hydrogens is 439 g/mol. The molecule has 1 aliphatic heterocycles. The molecule has 1 fully saturated rings. The molecule has 33 heavy (non-hydrogen) atoms. The van der Waals surface area contributed by atoms with Crippen LogP contribution in [0.3, 0.4) is 0 Å². The van der Waals surface area contributed by atoms with Gasteiger partial charge < -0.3 is 19.7 Å². The van der Waals surface area contributed by atoms with Crippen LogP contribution in [0.2, 0.25) is 25.7 Å². The molecule has 178 valence electrons. The van der Waals surface area contributed by atoms with Crippen molar-refractivity contribution in [3.05, 3.63) is 71.5 Å². The monoisotopic (exact) mass is 472 g/mol. The second kappa shape index (κ2) is 11.3. The Labute approximate surface area is 196 Å². The van der Waals surface area contributed by atoms with Crippen LogP contribution in [-0.4, -0.2) is 44.4 Å². The fourth-order valence-electron chi connectivity index (χ4n) is 3.82. The predicted octanol–water partition coefficient (Wildman–Crippen LogP) is 5.73. The summed E-state index contributed by atoms with van der Waals surface area (Å²) in [6.07, 6.45) is -0.0483. The first-order valence-corrected chi connectivity index (χ1v) is 15.1. The lowest BCUT2D eigenvalue weighted by Gasteiger charge is -2.39. The van der Waals surface area contributed by atoms with Crippen molar-refractivity contribution in [1.29, 1.82) is 0 Å². The van der Waals surface area contributed by atoms with Crippen LogP contribution in [0.25, 0.3) is 0 Å². The summed E-state index contributed by atoms with van der Waals surface area (Å²) in [4.78, 5) is 26.7. The fraction of sp³-hybridized carbons (Fsp3) is 0.440. The van der Waals surface area contributed by atoms with Crippen LogP contribution in [0.15, 0.2) is 54.6 Å². The highest BCUT2D eigenvalue weighted by molar-refractivity contribution is 6.76. The van der Waals surface area contributed by atoms with E-state index in [0.29, 0.717) is 31.6 Å². The summed E-state index contributed by atoms with van der Waals surface area (Å²) in [6, 6.07) is 15.9. The molecule has 0 bridgehead atoms. The summed E-state index contributed by atoms with van der Waals surface area (Å²) in [5.41, 5.74) is 1.29. The Morgan fingerprint density at radius 2 is 1.76 bits per heavy atom. The zero-order chi connectivity index (χ0) is 23.8. The van der Waals surface area contributed by atoms with E-state index in [2.05, 4.69) is 25.0 Å². The van der Waals surface area contributed by atoms with Gasteiger partial charge in [0.2, 0.25) is 0 Å². The van der Waals surface area contributed by atoms with Crippen molar-refractivity contribution >= 4 is 20.3 Å². The topological polar surface area (TPSA) is 67.9 Å². The van der Waals surface area contributed by atoms with Gasteiger partial charge in [0.05, 0.1) is 12.6 Å². The number of hydrogen-bond acceptors (Lipinski definition) is 4. The summed E-state index contributed by atoms with van der Waals surface area (Å²) in [7, 11) is -1.30. The molecular formula is C25H33FN2O4Si. The molecule has 0 aromatic heterocycles. The van der Waals surface area contributed by atoms with E-state index < -0.39 is 26.3 Å². The number of rotatable bonds is 7. The standard InChI is InChI=1S/C25H33FN2O4Si/c1-33(2,3)16-15-31-24(29)27-20-13-14-28(23(17-20)21-11-7-8-12-22(21)26)25(30)32-18-19-9-5-4-6-10-19/h4-12,20,23H,13-18H2,1-3H3,(H,27,29). The summed E-state index contributed by atoms with van der Waals surface area (Å²) in [5, 5.41) is 2.89. The van der Waals surface area contributed by atoms with Gasteiger partial charge in [0, 0.05) is 26.2 Å². The van der Waals surface area contributed by atoms with Crippen LogP contribution >= 0.6 is 0 Å². The molecule has 3 rings (SSSR count). The van der Waals surface area contributed by atoms with Crippen molar-refractivity contribution in [3.8, 4) is 0 Å². The van der Waals surface area contributed by atoms with Gasteiger partial charge in [-0.15, -0.1) is 0 Å². The van der Waals surface area contributed by atoms with Gasteiger partial charge in [-0.2, -0.15) is 0 Å². The molecule has 2 aromatic rings. The van der Waals surface area contributed by atoms with E-state index in [4.69, 9.17) is 9.47 Å². The minimum absolute atomic E-state index is 0.144. The number of nitrogens with one attached hydrogen (secondary N) is 1. The van der Waals surface area contributed by atoms with Crippen LogP contribution < -0.4 is 5.32 Å². The number of piperidine rings is 1. The quantitative estimate of drug-likeness (QED) is 0.523. The number of nitrogens with zero attached hydrogens (tertiary/aromatic N) is 1. The Morgan fingerprint density at radius 3 is 2.45 bits per heavy atom. The maximum Gasteiger partial charge on any atom is 0.410 e. The minimum Gasteiger partial charge on any atom is -0.450 e. The maximum atomic E-state index is 14.6. The minimum atomic E-state index is -1.30. The number of amides is 2.